The quantitative estimate of drug-likeness (QED) is 0.578. The molecule has 3 aromatic heterocycles. The van der Waals surface area contributed by atoms with E-state index in [1.54, 1.807) is 0 Å². The van der Waals surface area contributed by atoms with Crippen LogP contribution in [0, 0.1) is 0 Å². The third-order valence-corrected chi connectivity index (χ3v) is 3.13. The number of hydrogen-bond acceptors (Lipinski definition) is 7. The van der Waals surface area contributed by atoms with E-state index in [2.05, 4.69) is 19.9 Å². The maximum atomic E-state index is 5.78. The Balaban J connectivity index is 2.67. The van der Waals surface area contributed by atoms with E-state index < -0.39 is 0 Å². The predicted molar refractivity (Wildman–Crippen MR) is 59.3 cm³/mol. The molecule has 74 valence electrons. The van der Waals surface area contributed by atoms with E-state index in [0.29, 0.717) is 11.6 Å². The molecule has 0 amide bonds. The molecular formula is C8H6N6S. The van der Waals surface area contributed by atoms with Crippen molar-refractivity contribution < 1.29 is 0 Å². The molecule has 7 heteroatoms. The van der Waals surface area contributed by atoms with Crippen LogP contribution < -0.4 is 11.5 Å². The van der Waals surface area contributed by atoms with Gasteiger partial charge in [0.2, 0.25) is 0 Å². The first-order valence-electron chi connectivity index (χ1n) is 4.16. The average molecular weight is 218 g/mol. The fourth-order valence-electron chi connectivity index (χ4n) is 1.48. The van der Waals surface area contributed by atoms with Crippen molar-refractivity contribution in [1.29, 1.82) is 0 Å². The van der Waals surface area contributed by atoms with Gasteiger partial charge in [-0.05, 0) is 0 Å². The van der Waals surface area contributed by atoms with E-state index >= 15 is 0 Å². The molecule has 0 fully saturated rings. The summed E-state index contributed by atoms with van der Waals surface area (Å²) < 4.78 is 0. The monoisotopic (exact) mass is 218 g/mol. The fraction of sp³-hybridized carbons (Fsp3) is 0. The second-order valence-corrected chi connectivity index (χ2v) is 3.96. The van der Waals surface area contributed by atoms with Crippen molar-refractivity contribution in [2.75, 3.05) is 11.5 Å². The molecule has 15 heavy (non-hydrogen) atoms. The van der Waals surface area contributed by atoms with Gasteiger partial charge in [0.15, 0.2) is 0 Å². The third kappa shape index (κ3) is 1.03. The number of hydrogen-bond donors (Lipinski definition) is 2. The molecule has 3 heterocycles. The van der Waals surface area contributed by atoms with Crippen molar-refractivity contribution in [3.8, 4) is 0 Å². The molecule has 4 N–H and O–H groups in total. The first-order valence-corrected chi connectivity index (χ1v) is 4.98. The van der Waals surface area contributed by atoms with E-state index in [1.807, 2.05) is 0 Å². The summed E-state index contributed by atoms with van der Waals surface area (Å²) in [7, 11) is 0. The standard InChI is InChI=1S/C8H6N6S/c9-5-3-4-6(10)12-2-14-8(4)15-7(3)13-1-11-5/h1-2H,(H2,9,11,13)(H2,10,12,14). The zero-order valence-corrected chi connectivity index (χ0v) is 8.32. The predicted octanol–water partition coefficient (Wildman–Crippen LogP) is 0.799. The molecule has 0 aliphatic rings. The van der Waals surface area contributed by atoms with Crippen LogP contribution in [0.15, 0.2) is 12.7 Å². The highest BCUT2D eigenvalue weighted by Crippen LogP contribution is 2.35. The Labute approximate surface area is 88.0 Å². The van der Waals surface area contributed by atoms with Crippen molar-refractivity contribution in [2.24, 2.45) is 0 Å². The second-order valence-electron chi connectivity index (χ2n) is 2.98. The minimum absolute atomic E-state index is 0.410. The maximum Gasteiger partial charge on any atom is 0.136 e. The first-order chi connectivity index (χ1) is 7.27. The van der Waals surface area contributed by atoms with Crippen molar-refractivity contribution in [1.82, 2.24) is 19.9 Å². The Bertz CT molecular complexity index is 604. The Kier molecular flexibility index (Phi) is 1.51. The van der Waals surface area contributed by atoms with E-state index in [1.165, 1.54) is 24.0 Å². The van der Waals surface area contributed by atoms with Gasteiger partial charge in [0.05, 0.1) is 10.8 Å². The number of nitrogen functional groups attached to an aromatic ring is 2. The van der Waals surface area contributed by atoms with Crippen LogP contribution >= 0.6 is 11.3 Å². The van der Waals surface area contributed by atoms with Gasteiger partial charge in [-0.3, -0.25) is 0 Å². The normalized spacial score (nSPS) is 11.2. The molecular weight excluding hydrogens is 212 g/mol. The molecule has 0 bridgehead atoms. The van der Waals surface area contributed by atoms with Crippen molar-refractivity contribution in [3.63, 3.8) is 0 Å². The van der Waals surface area contributed by atoms with Gasteiger partial charge in [-0.25, -0.2) is 19.9 Å². The lowest BCUT2D eigenvalue weighted by Gasteiger charge is -1.96. The van der Waals surface area contributed by atoms with Gasteiger partial charge in [0.1, 0.15) is 34.0 Å². The zero-order valence-electron chi connectivity index (χ0n) is 7.51. The van der Waals surface area contributed by atoms with Crippen molar-refractivity contribution in [3.05, 3.63) is 12.7 Å². The van der Waals surface area contributed by atoms with Crippen molar-refractivity contribution in [2.45, 2.75) is 0 Å². The molecule has 3 rings (SSSR count). The van der Waals surface area contributed by atoms with Crippen LogP contribution in [0.1, 0.15) is 0 Å². The van der Waals surface area contributed by atoms with Gasteiger partial charge in [0.25, 0.3) is 0 Å². The lowest BCUT2D eigenvalue weighted by molar-refractivity contribution is 1.23. The Morgan fingerprint density at radius 2 is 1.27 bits per heavy atom. The summed E-state index contributed by atoms with van der Waals surface area (Å²) in [6.07, 6.45) is 2.85. The van der Waals surface area contributed by atoms with Crippen LogP contribution in [0.4, 0.5) is 11.6 Å². The number of thiophene rings is 1. The summed E-state index contributed by atoms with van der Waals surface area (Å²) in [6.45, 7) is 0. The molecule has 3 aromatic rings. The van der Waals surface area contributed by atoms with Gasteiger partial charge in [0, 0.05) is 0 Å². The van der Waals surface area contributed by atoms with Crippen LogP contribution in [0.3, 0.4) is 0 Å². The van der Waals surface area contributed by atoms with Crippen LogP contribution in [0.5, 0.6) is 0 Å². The van der Waals surface area contributed by atoms with Crippen LogP contribution in [-0.2, 0) is 0 Å². The molecule has 0 aliphatic heterocycles. The second kappa shape index (κ2) is 2.74. The lowest BCUT2D eigenvalue weighted by atomic mass is 10.2. The van der Waals surface area contributed by atoms with Crippen LogP contribution in [-0.4, -0.2) is 19.9 Å². The lowest BCUT2D eigenvalue weighted by Crippen LogP contribution is -1.94. The Morgan fingerprint density at radius 3 is 1.73 bits per heavy atom. The highest BCUT2D eigenvalue weighted by molar-refractivity contribution is 7.25. The van der Waals surface area contributed by atoms with E-state index in [4.69, 9.17) is 11.5 Å². The SMILES string of the molecule is Nc1ncnc2sc3ncnc(N)c3c12. The van der Waals surface area contributed by atoms with E-state index in [0.717, 1.165) is 20.4 Å². The summed E-state index contributed by atoms with van der Waals surface area (Å²) in [5.74, 6) is 0.820. The van der Waals surface area contributed by atoms with Gasteiger partial charge in [-0.2, -0.15) is 0 Å². The Hall–Kier alpha value is -2.02. The first kappa shape index (κ1) is 8.30. The molecule has 0 aliphatic carbocycles. The number of nitrogens with two attached hydrogens (primary N) is 2. The Morgan fingerprint density at radius 1 is 0.800 bits per heavy atom. The summed E-state index contributed by atoms with van der Waals surface area (Å²) >= 11 is 1.43. The minimum Gasteiger partial charge on any atom is -0.383 e. The topological polar surface area (TPSA) is 104 Å². The summed E-state index contributed by atoms with van der Waals surface area (Å²) in [4.78, 5) is 17.7. The van der Waals surface area contributed by atoms with Crippen LogP contribution in [0.2, 0.25) is 0 Å². The van der Waals surface area contributed by atoms with Gasteiger partial charge < -0.3 is 11.5 Å². The molecule has 0 atom stereocenters. The summed E-state index contributed by atoms with van der Waals surface area (Å²) in [5.41, 5.74) is 11.6. The molecule has 0 aromatic carbocycles. The number of aromatic nitrogens is 4. The highest BCUT2D eigenvalue weighted by atomic mass is 32.1. The van der Waals surface area contributed by atoms with Crippen LogP contribution in [0.25, 0.3) is 20.4 Å². The molecule has 0 unspecified atom stereocenters. The molecule has 0 spiro atoms. The maximum absolute atomic E-state index is 5.78. The van der Waals surface area contributed by atoms with E-state index in [-0.39, 0.29) is 0 Å². The third-order valence-electron chi connectivity index (χ3n) is 2.13. The summed E-state index contributed by atoms with van der Waals surface area (Å²) in [5, 5.41) is 1.49. The highest BCUT2D eigenvalue weighted by Gasteiger charge is 2.13. The molecule has 0 saturated heterocycles. The van der Waals surface area contributed by atoms with Gasteiger partial charge in [-0.1, -0.05) is 11.3 Å². The average Bonchev–Trinajstić information content (AvgIpc) is 2.58. The zero-order chi connectivity index (χ0) is 10.4. The van der Waals surface area contributed by atoms with E-state index in [9.17, 15) is 0 Å². The largest absolute Gasteiger partial charge is 0.383 e. The van der Waals surface area contributed by atoms with Gasteiger partial charge in [-0.15, -0.1) is 0 Å². The smallest absolute Gasteiger partial charge is 0.136 e. The number of fused-ring (bicyclic) bond motifs is 3. The molecule has 6 nitrogen and oxygen atoms in total. The van der Waals surface area contributed by atoms with Gasteiger partial charge >= 0.3 is 0 Å². The number of rotatable bonds is 0. The minimum atomic E-state index is 0.410. The number of anilines is 2. The van der Waals surface area contributed by atoms with Crippen molar-refractivity contribution >= 4 is 43.4 Å². The fourth-order valence-corrected chi connectivity index (χ4v) is 2.48. The number of nitrogens with zero attached hydrogens (tertiary/aromatic N) is 4. The molecule has 0 saturated carbocycles. The molecule has 0 radical (unpaired) electrons. The summed E-state index contributed by atoms with van der Waals surface area (Å²) in [6, 6.07) is 0.